The van der Waals surface area contributed by atoms with Crippen LogP contribution >= 0.6 is 15.6 Å². The van der Waals surface area contributed by atoms with E-state index in [9.17, 15) is 43.2 Å². The lowest BCUT2D eigenvalue weighted by atomic mass is 9.99. The van der Waals surface area contributed by atoms with Crippen LogP contribution in [0.3, 0.4) is 0 Å². The second-order valence-electron chi connectivity index (χ2n) is 26.6. The zero-order valence-corrected chi connectivity index (χ0v) is 59.1. The molecular weight excluding hydrogens is 1160 g/mol. The highest BCUT2D eigenvalue weighted by Crippen LogP contribution is 2.45. The van der Waals surface area contributed by atoms with Crippen molar-refractivity contribution in [3.8, 4) is 0 Å². The van der Waals surface area contributed by atoms with E-state index >= 15 is 0 Å². The quantitative estimate of drug-likeness (QED) is 0.0222. The number of phosphoric ester groups is 2. The van der Waals surface area contributed by atoms with Crippen molar-refractivity contribution in [3.05, 3.63) is 0 Å². The number of esters is 4. The minimum Gasteiger partial charge on any atom is -0.462 e. The van der Waals surface area contributed by atoms with E-state index in [1.54, 1.807) is 0 Å². The van der Waals surface area contributed by atoms with Crippen molar-refractivity contribution in [2.45, 2.75) is 356 Å². The first-order valence-electron chi connectivity index (χ1n) is 35.7. The van der Waals surface area contributed by atoms with Crippen LogP contribution < -0.4 is 0 Å². The fourth-order valence-corrected chi connectivity index (χ4v) is 11.9. The van der Waals surface area contributed by atoms with Crippen LogP contribution in [0.25, 0.3) is 0 Å². The second-order valence-corrected chi connectivity index (χ2v) is 29.5. The van der Waals surface area contributed by atoms with Crippen LogP contribution in [0.15, 0.2) is 0 Å². The molecule has 88 heavy (non-hydrogen) atoms. The van der Waals surface area contributed by atoms with E-state index in [-0.39, 0.29) is 25.7 Å². The maximum Gasteiger partial charge on any atom is 0.472 e. The first kappa shape index (κ1) is 86.1. The molecule has 0 aliphatic heterocycles. The summed E-state index contributed by atoms with van der Waals surface area (Å²) in [6.07, 6.45) is 40.4. The van der Waals surface area contributed by atoms with Gasteiger partial charge in [0, 0.05) is 25.7 Å². The van der Waals surface area contributed by atoms with Gasteiger partial charge in [0.05, 0.1) is 26.4 Å². The molecule has 522 valence electrons. The largest absolute Gasteiger partial charge is 0.472 e. The first-order valence-corrected chi connectivity index (χ1v) is 38.7. The Kier molecular flexibility index (Phi) is 57.6. The van der Waals surface area contributed by atoms with E-state index in [0.29, 0.717) is 31.6 Å². The van der Waals surface area contributed by atoms with Gasteiger partial charge >= 0.3 is 39.5 Å². The first-order chi connectivity index (χ1) is 42.1. The minimum atomic E-state index is -4.95. The highest BCUT2D eigenvalue weighted by atomic mass is 31.2. The zero-order chi connectivity index (χ0) is 65.4. The summed E-state index contributed by atoms with van der Waals surface area (Å²) < 4.78 is 68.2. The standard InChI is InChI=1S/C69H134O17P2/c1-9-62(8)48-40-32-23-17-11-13-18-24-33-41-49-66(71)79-55-64(85-69(74)52-44-36-26-20-14-16-22-30-38-46-60(4)5)57-83-87(75,76)81-53-63(70)54-82-88(77,78)84-58-65(56-80-67(72)50-42-34-28-27-31-39-47-61(6)7)86-68(73)51-43-35-25-19-12-10-15-21-29-37-45-59(2)3/h59-65,70H,9-58H2,1-8H3,(H,75,76)(H,77,78)/t62?,63-,64-,65-/m1/s1. The number of hydrogen-bond donors (Lipinski definition) is 3. The maximum absolute atomic E-state index is 13.0. The van der Waals surface area contributed by atoms with Crippen molar-refractivity contribution >= 4 is 39.5 Å². The number of hydrogen-bond acceptors (Lipinski definition) is 15. The SMILES string of the molecule is CCC(C)CCCCCCCCCCCCC(=O)OC[C@H](COP(=O)(O)OC[C@@H](O)COP(=O)(O)OC[C@@H](COC(=O)CCCCCCCCC(C)C)OC(=O)CCCCCCCCCCCCC(C)C)OC(=O)CCCCCCCCCCCC(C)C. The van der Waals surface area contributed by atoms with Crippen molar-refractivity contribution in [2.75, 3.05) is 39.6 Å². The topological polar surface area (TPSA) is 237 Å². The van der Waals surface area contributed by atoms with Gasteiger partial charge in [-0.05, 0) is 49.4 Å². The molecule has 3 N–H and O–H groups in total. The average molecular weight is 1300 g/mol. The van der Waals surface area contributed by atoms with Crippen molar-refractivity contribution < 1.29 is 80.2 Å². The number of rotatable bonds is 66. The van der Waals surface area contributed by atoms with Gasteiger partial charge in [0.1, 0.15) is 19.3 Å². The molecule has 17 nitrogen and oxygen atoms in total. The Bertz CT molecular complexity index is 1750. The smallest absolute Gasteiger partial charge is 0.462 e. The normalized spacial score (nSPS) is 14.6. The van der Waals surface area contributed by atoms with E-state index in [2.05, 4.69) is 55.4 Å². The van der Waals surface area contributed by atoms with Gasteiger partial charge in [-0.2, -0.15) is 0 Å². The lowest BCUT2D eigenvalue weighted by Gasteiger charge is -2.21. The van der Waals surface area contributed by atoms with Crippen molar-refractivity contribution in [1.29, 1.82) is 0 Å². The molecule has 0 aliphatic carbocycles. The summed E-state index contributed by atoms with van der Waals surface area (Å²) in [5, 5.41) is 10.6. The predicted molar refractivity (Wildman–Crippen MR) is 354 cm³/mol. The summed E-state index contributed by atoms with van der Waals surface area (Å²) >= 11 is 0. The molecule has 0 spiro atoms. The minimum absolute atomic E-state index is 0.104. The van der Waals surface area contributed by atoms with E-state index in [0.717, 1.165) is 114 Å². The predicted octanol–water partition coefficient (Wildman–Crippen LogP) is 19.3. The van der Waals surface area contributed by atoms with Gasteiger partial charge in [-0.3, -0.25) is 37.3 Å². The average Bonchev–Trinajstić information content (AvgIpc) is 3.61. The molecular formula is C69H134O17P2. The number of phosphoric acid groups is 2. The summed E-state index contributed by atoms with van der Waals surface area (Å²) in [6.45, 7) is 14.1. The molecule has 0 heterocycles. The van der Waals surface area contributed by atoms with Crippen LogP contribution in [0.5, 0.6) is 0 Å². The maximum atomic E-state index is 13.0. The molecule has 0 amide bonds. The van der Waals surface area contributed by atoms with Gasteiger partial charge < -0.3 is 33.8 Å². The molecule has 0 saturated carbocycles. The molecule has 0 aromatic carbocycles. The number of aliphatic hydroxyl groups is 1. The molecule has 19 heteroatoms. The van der Waals surface area contributed by atoms with Gasteiger partial charge in [-0.25, -0.2) is 9.13 Å². The fourth-order valence-electron chi connectivity index (χ4n) is 10.3. The van der Waals surface area contributed by atoms with Gasteiger partial charge in [0.25, 0.3) is 0 Å². The van der Waals surface area contributed by atoms with Gasteiger partial charge in [-0.1, -0.05) is 287 Å². The van der Waals surface area contributed by atoms with Crippen molar-refractivity contribution in [2.24, 2.45) is 23.7 Å². The van der Waals surface area contributed by atoms with Crippen LogP contribution in [0, 0.1) is 23.7 Å². The molecule has 3 unspecified atom stereocenters. The number of carbonyl (C=O) groups excluding carboxylic acids is 4. The Morgan fingerprint density at radius 3 is 0.807 bits per heavy atom. The molecule has 0 radical (unpaired) electrons. The number of unbranched alkanes of at least 4 members (excludes halogenated alkanes) is 31. The summed E-state index contributed by atoms with van der Waals surface area (Å²) in [4.78, 5) is 72.5. The van der Waals surface area contributed by atoms with Crippen molar-refractivity contribution in [1.82, 2.24) is 0 Å². The molecule has 0 aliphatic rings. The van der Waals surface area contributed by atoms with Crippen LogP contribution in [-0.2, 0) is 65.4 Å². The summed E-state index contributed by atoms with van der Waals surface area (Å²) in [6, 6.07) is 0. The highest BCUT2D eigenvalue weighted by Gasteiger charge is 2.30. The lowest BCUT2D eigenvalue weighted by molar-refractivity contribution is -0.161. The molecule has 0 fully saturated rings. The Hall–Kier alpha value is -1.94. The van der Waals surface area contributed by atoms with E-state index < -0.39 is 97.5 Å². The third-order valence-corrected chi connectivity index (χ3v) is 18.1. The van der Waals surface area contributed by atoms with Crippen molar-refractivity contribution in [3.63, 3.8) is 0 Å². The Morgan fingerprint density at radius 1 is 0.318 bits per heavy atom. The van der Waals surface area contributed by atoms with E-state index in [1.165, 1.54) is 135 Å². The molecule has 0 rings (SSSR count). The lowest BCUT2D eigenvalue weighted by Crippen LogP contribution is -2.30. The van der Waals surface area contributed by atoms with Gasteiger partial charge in [0.2, 0.25) is 0 Å². The Balaban J connectivity index is 5.25. The summed E-state index contributed by atoms with van der Waals surface area (Å²) in [5.74, 6) is 0.845. The highest BCUT2D eigenvalue weighted by molar-refractivity contribution is 7.47. The third-order valence-electron chi connectivity index (χ3n) is 16.2. The fraction of sp³-hybridized carbons (Fsp3) is 0.942. The van der Waals surface area contributed by atoms with Gasteiger partial charge in [0.15, 0.2) is 12.2 Å². The third kappa shape index (κ3) is 61.6. The molecule has 0 aromatic heterocycles. The zero-order valence-electron chi connectivity index (χ0n) is 57.3. The molecule has 0 saturated heterocycles. The second kappa shape index (κ2) is 58.8. The molecule has 0 aromatic rings. The van der Waals surface area contributed by atoms with E-state index in [4.69, 9.17) is 37.0 Å². The monoisotopic (exact) mass is 1300 g/mol. The number of ether oxygens (including phenoxy) is 4. The van der Waals surface area contributed by atoms with Gasteiger partial charge in [-0.15, -0.1) is 0 Å². The summed E-state index contributed by atoms with van der Waals surface area (Å²) in [7, 11) is -9.90. The van der Waals surface area contributed by atoms with Crippen LogP contribution in [0.4, 0.5) is 0 Å². The van der Waals surface area contributed by atoms with Crippen LogP contribution in [-0.4, -0.2) is 96.7 Å². The van der Waals surface area contributed by atoms with Crippen LogP contribution in [0.1, 0.15) is 338 Å². The molecule has 0 bridgehead atoms. The Labute approximate surface area is 537 Å². The number of carbonyl (C=O) groups is 4. The number of aliphatic hydroxyl groups excluding tert-OH is 1. The van der Waals surface area contributed by atoms with Crippen LogP contribution in [0.2, 0.25) is 0 Å². The molecule has 6 atom stereocenters. The Morgan fingerprint density at radius 2 is 0.545 bits per heavy atom. The van der Waals surface area contributed by atoms with E-state index in [1.807, 2.05) is 0 Å². The summed E-state index contributed by atoms with van der Waals surface area (Å²) in [5.41, 5.74) is 0.